The third-order valence-electron chi connectivity index (χ3n) is 4.32. The Bertz CT molecular complexity index is 1070. The summed E-state index contributed by atoms with van der Waals surface area (Å²) >= 11 is 3.38. The van der Waals surface area contributed by atoms with Gasteiger partial charge in [-0.2, -0.15) is 5.10 Å². The van der Waals surface area contributed by atoms with Gasteiger partial charge in [-0.1, -0.05) is 6.07 Å². The van der Waals surface area contributed by atoms with E-state index in [2.05, 4.69) is 26.5 Å². The average Bonchev–Trinajstić information content (AvgIpc) is 2.67. The van der Waals surface area contributed by atoms with Crippen LogP contribution in [-0.2, 0) is 14.8 Å². The summed E-state index contributed by atoms with van der Waals surface area (Å²) in [5.74, 6) is 0.461. The van der Waals surface area contributed by atoms with Crippen molar-refractivity contribution in [3.63, 3.8) is 0 Å². The van der Waals surface area contributed by atoms with E-state index in [1.165, 1.54) is 20.4 Å². The van der Waals surface area contributed by atoms with E-state index in [1.54, 1.807) is 24.3 Å². The lowest BCUT2D eigenvalue weighted by Crippen LogP contribution is -2.39. The zero-order valence-corrected chi connectivity index (χ0v) is 19.8. The van der Waals surface area contributed by atoms with Gasteiger partial charge in [0.1, 0.15) is 6.54 Å². The Morgan fingerprint density at radius 3 is 2.43 bits per heavy atom. The van der Waals surface area contributed by atoms with E-state index < -0.39 is 22.5 Å². The molecule has 10 heteroatoms. The lowest BCUT2D eigenvalue weighted by molar-refractivity contribution is -0.119. The number of rotatable bonds is 8. The number of nitrogens with zero attached hydrogens (tertiary/aromatic N) is 2. The van der Waals surface area contributed by atoms with Crippen molar-refractivity contribution in [3.8, 4) is 11.5 Å². The van der Waals surface area contributed by atoms with Gasteiger partial charge in [0, 0.05) is 0 Å². The molecule has 0 aliphatic rings. The fourth-order valence-electron chi connectivity index (χ4n) is 2.64. The highest BCUT2D eigenvalue weighted by Crippen LogP contribution is 2.35. The third-order valence-corrected chi connectivity index (χ3v) is 6.05. The number of hydrogen-bond acceptors (Lipinski definition) is 6. The molecular formula is C20H24BrN3O5S. The second-order valence-corrected chi connectivity index (χ2v) is 9.33. The van der Waals surface area contributed by atoms with Crippen molar-refractivity contribution in [2.75, 3.05) is 31.3 Å². The first kappa shape index (κ1) is 23.7. The Hall–Kier alpha value is -2.59. The van der Waals surface area contributed by atoms with Crippen molar-refractivity contribution in [2.45, 2.75) is 13.8 Å². The summed E-state index contributed by atoms with van der Waals surface area (Å²) in [7, 11) is -0.617. The standard InChI is InChI=1S/C20H24BrN3O5S/c1-13-6-7-16(8-14(13)2)24(30(5,26)27)12-19(25)23-22-11-15-9-17(21)20(29-4)18(10-15)28-3/h6-11H,12H2,1-5H3,(H,23,25). The molecule has 0 atom stereocenters. The van der Waals surface area contributed by atoms with Crippen molar-refractivity contribution >= 4 is 43.8 Å². The number of ether oxygens (including phenoxy) is 2. The van der Waals surface area contributed by atoms with Crippen LogP contribution >= 0.6 is 15.9 Å². The normalized spacial score (nSPS) is 11.4. The molecular weight excluding hydrogens is 474 g/mol. The molecule has 0 saturated heterocycles. The fraction of sp³-hybridized carbons (Fsp3) is 0.300. The molecule has 0 fully saturated rings. The molecule has 2 aromatic carbocycles. The number of carbonyl (C=O) groups excluding carboxylic acids is 1. The minimum Gasteiger partial charge on any atom is -0.493 e. The Labute approximate surface area is 185 Å². The average molecular weight is 498 g/mol. The molecule has 0 aromatic heterocycles. The van der Waals surface area contributed by atoms with Gasteiger partial charge < -0.3 is 9.47 Å². The van der Waals surface area contributed by atoms with Gasteiger partial charge in [0.05, 0.1) is 36.9 Å². The van der Waals surface area contributed by atoms with Gasteiger partial charge in [0.2, 0.25) is 10.0 Å². The van der Waals surface area contributed by atoms with Crippen LogP contribution in [0.1, 0.15) is 16.7 Å². The topological polar surface area (TPSA) is 97.3 Å². The number of nitrogens with one attached hydrogen (secondary N) is 1. The van der Waals surface area contributed by atoms with Crippen LogP contribution in [0.5, 0.6) is 11.5 Å². The van der Waals surface area contributed by atoms with Crippen molar-refractivity contribution < 1.29 is 22.7 Å². The summed E-state index contributed by atoms with van der Waals surface area (Å²) in [5.41, 5.74) is 5.38. The lowest BCUT2D eigenvalue weighted by Gasteiger charge is -2.22. The molecule has 2 aromatic rings. The summed E-state index contributed by atoms with van der Waals surface area (Å²) < 4.78 is 36.6. The van der Waals surface area contributed by atoms with E-state index >= 15 is 0 Å². The van der Waals surface area contributed by atoms with Crippen LogP contribution < -0.4 is 19.2 Å². The molecule has 8 nitrogen and oxygen atoms in total. The number of sulfonamides is 1. The highest BCUT2D eigenvalue weighted by atomic mass is 79.9. The predicted molar refractivity (Wildman–Crippen MR) is 121 cm³/mol. The molecule has 0 unspecified atom stereocenters. The van der Waals surface area contributed by atoms with Gasteiger partial charge in [-0.25, -0.2) is 13.8 Å². The Kier molecular flexibility index (Phi) is 7.85. The van der Waals surface area contributed by atoms with E-state index in [9.17, 15) is 13.2 Å². The van der Waals surface area contributed by atoms with Gasteiger partial charge in [-0.05, 0) is 70.7 Å². The van der Waals surface area contributed by atoms with Crippen LogP contribution in [0.3, 0.4) is 0 Å². The molecule has 1 amide bonds. The first-order chi connectivity index (χ1) is 14.1. The number of amides is 1. The van der Waals surface area contributed by atoms with Crippen LogP contribution in [0.2, 0.25) is 0 Å². The molecule has 0 bridgehead atoms. The minimum absolute atomic E-state index is 0.395. The molecule has 1 N–H and O–H groups in total. The number of benzene rings is 2. The highest BCUT2D eigenvalue weighted by Gasteiger charge is 2.21. The molecule has 0 radical (unpaired) electrons. The van der Waals surface area contributed by atoms with E-state index in [1.807, 2.05) is 19.9 Å². The second-order valence-electron chi connectivity index (χ2n) is 6.57. The SMILES string of the molecule is COc1cc(C=NNC(=O)CN(c2ccc(C)c(C)c2)S(C)(=O)=O)cc(Br)c1OC. The molecule has 0 heterocycles. The number of anilines is 1. The number of carbonyl (C=O) groups is 1. The quantitative estimate of drug-likeness (QED) is 0.446. The summed E-state index contributed by atoms with van der Waals surface area (Å²) in [6, 6.07) is 8.65. The maximum atomic E-state index is 12.3. The highest BCUT2D eigenvalue weighted by molar-refractivity contribution is 9.10. The van der Waals surface area contributed by atoms with E-state index in [-0.39, 0.29) is 0 Å². The summed E-state index contributed by atoms with van der Waals surface area (Å²) in [5, 5.41) is 3.91. The van der Waals surface area contributed by atoms with Crippen molar-refractivity contribution in [1.82, 2.24) is 5.43 Å². The van der Waals surface area contributed by atoms with Crippen LogP contribution in [0, 0.1) is 13.8 Å². The summed E-state index contributed by atoms with van der Waals surface area (Å²) in [6.45, 7) is 3.41. The molecule has 0 aliphatic heterocycles. The van der Waals surface area contributed by atoms with Crippen molar-refractivity contribution in [3.05, 3.63) is 51.5 Å². The van der Waals surface area contributed by atoms with Crippen LogP contribution in [0.25, 0.3) is 0 Å². The van der Waals surface area contributed by atoms with Gasteiger partial charge in [-0.15, -0.1) is 0 Å². The van der Waals surface area contributed by atoms with Gasteiger partial charge in [0.15, 0.2) is 11.5 Å². The first-order valence-corrected chi connectivity index (χ1v) is 11.5. The Morgan fingerprint density at radius 1 is 1.17 bits per heavy atom. The lowest BCUT2D eigenvalue weighted by atomic mass is 10.1. The van der Waals surface area contributed by atoms with Crippen molar-refractivity contribution in [2.24, 2.45) is 5.10 Å². The number of halogens is 1. The number of hydrazone groups is 1. The van der Waals surface area contributed by atoms with E-state index in [4.69, 9.17) is 9.47 Å². The van der Waals surface area contributed by atoms with Crippen LogP contribution in [0.15, 0.2) is 39.9 Å². The molecule has 30 heavy (non-hydrogen) atoms. The molecule has 0 saturated carbocycles. The minimum atomic E-state index is -3.66. The first-order valence-electron chi connectivity index (χ1n) is 8.85. The second kappa shape index (κ2) is 9.94. The van der Waals surface area contributed by atoms with Gasteiger partial charge >= 0.3 is 0 Å². The van der Waals surface area contributed by atoms with Crippen LogP contribution in [0.4, 0.5) is 5.69 Å². The third kappa shape index (κ3) is 5.96. The zero-order chi connectivity index (χ0) is 22.5. The van der Waals surface area contributed by atoms with Gasteiger partial charge in [0.25, 0.3) is 5.91 Å². The number of methoxy groups -OCH3 is 2. The molecule has 2 rings (SSSR count). The summed E-state index contributed by atoms with van der Waals surface area (Å²) in [6.07, 6.45) is 2.48. The Morgan fingerprint density at radius 2 is 1.87 bits per heavy atom. The maximum absolute atomic E-state index is 12.3. The predicted octanol–water partition coefficient (Wildman–Crippen LogP) is 3.00. The smallest absolute Gasteiger partial charge is 0.260 e. The fourth-order valence-corrected chi connectivity index (χ4v) is 4.11. The monoisotopic (exact) mass is 497 g/mol. The summed E-state index contributed by atoms with van der Waals surface area (Å²) in [4.78, 5) is 12.3. The largest absolute Gasteiger partial charge is 0.493 e. The maximum Gasteiger partial charge on any atom is 0.260 e. The van der Waals surface area contributed by atoms with E-state index in [0.717, 1.165) is 21.7 Å². The number of aryl methyl sites for hydroxylation is 2. The molecule has 162 valence electrons. The number of hydrogen-bond donors (Lipinski definition) is 1. The van der Waals surface area contributed by atoms with E-state index in [0.29, 0.717) is 27.2 Å². The Balaban J connectivity index is 2.15. The molecule has 0 aliphatic carbocycles. The van der Waals surface area contributed by atoms with Crippen molar-refractivity contribution in [1.29, 1.82) is 0 Å². The molecule has 0 spiro atoms. The van der Waals surface area contributed by atoms with Gasteiger partial charge in [-0.3, -0.25) is 9.10 Å². The zero-order valence-electron chi connectivity index (χ0n) is 17.4. The van der Waals surface area contributed by atoms with Crippen LogP contribution in [-0.4, -0.2) is 47.6 Å².